The lowest BCUT2D eigenvalue weighted by molar-refractivity contribution is -0.384. The van der Waals surface area contributed by atoms with Gasteiger partial charge in [0.2, 0.25) is 5.78 Å². The first-order valence-electron chi connectivity index (χ1n) is 8.57. The third kappa shape index (κ3) is 4.29. The van der Waals surface area contributed by atoms with Gasteiger partial charge in [-0.1, -0.05) is 60.2 Å². The van der Waals surface area contributed by atoms with Crippen molar-refractivity contribution >= 4 is 17.4 Å². The molecule has 0 fully saturated rings. The summed E-state index contributed by atoms with van der Waals surface area (Å²) in [6.45, 7) is 1.91. The van der Waals surface area contributed by atoms with Crippen LogP contribution in [0.2, 0.25) is 0 Å². The van der Waals surface area contributed by atoms with Crippen LogP contribution >= 0.6 is 0 Å². The molecule has 0 aliphatic heterocycles. The summed E-state index contributed by atoms with van der Waals surface area (Å²) in [4.78, 5) is 35.8. The van der Waals surface area contributed by atoms with Crippen LogP contribution in [0.1, 0.15) is 37.9 Å². The van der Waals surface area contributed by atoms with E-state index in [1.54, 1.807) is 42.5 Å². The largest absolute Gasteiger partial charge is 0.445 e. The fourth-order valence-electron chi connectivity index (χ4n) is 2.66. The van der Waals surface area contributed by atoms with Crippen LogP contribution < -0.4 is 0 Å². The predicted molar refractivity (Wildman–Crippen MR) is 103 cm³/mol. The van der Waals surface area contributed by atoms with Gasteiger partial charge in [0.1, 0.15) is 0 Å². The van der Waals surface area contributed by atoms with Crippen molar-refractivity contribution in [3.05, 3.63) is 111 Å². The van der Waals surface area contributed by atoms with E-state index in [1.807, 2.05) is 19.1 Å². The average molecular weight is 375 g/mol. The highest BCUT2D eigenvalue weighted by Crippen LogP contribution is 2.25. The van der Waals surface area contributed by atoms with Gasteiger partial charge in [-0.2, -0.15) is 0 Å². The molecule has 6 nitrogen and oxygen atoms in total. The smallest absolute Gasteiger partial charge is 0.339 e. The van der Waals surface area contributed by atoms with E-state index in [1.165, 1.54) is 24.3 Å². The number of nitrogens with zero attached hydrogens (tertiary/aromatic N) is 1. The van der Waals surface area contributed by atoms with Crippen LogP contribution in [0.3, 0.4) is 0 Å². The van der Waals surface area contributed by atoms with Crippen LogP contribution in [0, 0.1) is 17.0 Å². The molecule has 0 aliphatic rings. The molecule has 0 saturated carbocycles. The third-order valence-corrected chi connectivity index (χ3v) is 4.22. The van der Waals surface area contributed by atoms with Crippen LogP contribution in [-0.4, -0.2) is 16.7 Å². The minimum atomic E-state index is -1.12. The van der Waals surface area contributed by atoms with Crippen LogP contribution in [0.4, 0.5) is 5.69 Å². The minimum absolute atomic E-state index is 0.128. The van der Waals surface area contributed by atoms with E-state index in [9.17, 15) is 19.7 Å². The number of carbonyl (C=O) groups excluding carboxylic acids is 2. The number of hydrogen-bond acceptors (Lipinski definition) is 5. The van der Waals surface area contributed by atoms with Crippen molar-refractivity contribution in [2.45, 2.75) is 13.0 Å². The maximum absolute atomic E-state index is 13.0. The number of nitro groups is 1. The SMILES string of the molecule is Cc1ccc(C(=O)[C@H](OC(=O)c2ccc([N+](=O)[O-])cc2)c2ccccc2)cc1. The number of carbonyl (C=O) groups is 2. The van der Waals surface area contributed by atoms with Gasteiger partial charge >= 0.3 is 5.97 Å². The summed E-state index contributed by atoms with van der Waals surface area (Å²) in [5.41, 5.74) is 1.98. The zero-order chi connectivity index (χ0) is 20.1. The molecule has 140 valence electrons. The van der Waals surface area contributed by atoms with Crippen molar-refractivity contribution in [2.24, 2.45) is 0 Å². The molecule has 0 N–H and O–H groups in total. The zero-order valence-corrected chi connectivity index (χ0v) is 15.1. The molecule has 0 saturated heterocycles. The molecular weight excluding hydrogens is 358 g/mol. The second-order valence-electron chi connectivity index (χ2n) is 6.23. The maximum atomic E-state index is 13.0. The van der Waals surface area contributed by atoms with E-state index in [2.05, 4.69) is 0 Å². The quantitative estimate of drug-likeness (QED) is 0.270. The number of non-ortho nitro benzene ring substituents is 1. The number of rotatable bonds is 6. The molecule has 0 bridgehead atoms. The van der Waals surface area contributed by atoms with Crippen molar-refractivity contribution in [3.63, 3.8) is 0 Å². The lowest BCUT2D eigenvalue weighted by atomic mass is 9.99. The average Bonchev–Trinajstić information content (AvgIpc) is 2.72. The summed E-state index contributed by atoms with van der Waals surface area (Å²) in [6.07, 6.45) is -1.12. The molecule has 0 aromatic heterocycles. The van der Waals surface area contributed by atoms with Crippen molar-refractivity contribution in [1.82, 2.24) is 0 Å². The van der Waals surface area contributed by atoms with Crippen molar-refractivity contribution in [1.29, 1.82) is 0 Å². The molecule has 3 aromatic rings. The normalized spacial score (nSPS) is 11.5. The van der Waals surface area contributed by atoms with E-state index >= 15 is 0 Å². The summed E-state index contributed by atoms with van der Waals surface area (Å²) in [5, 5.41) is 10.8. The lowest BCUT2D eigenvalue weighted by Crippen LogP contribution is -2.20. The first-order valence-corrected chi connectivity index (χ1v) is 8.57. The Kier molecular flexibility index (Phi) is 5.60. The van der Waals surface area contributed by atoms with Gasteiger partial charge in [-0.25, -0.2) is 4.79 Å². The monoisotopic (exact) mass is 375 g/mol. The Morgan fingerprint density at radius 1 is 0.857 bits per heavy atom. The summed E-state index contributed by atoms with van der Waals surface area (Å²) >= 11 is 0. The Bertz CT molecular complexity index is 995. The van der Waals surface area contributed by atoms with Gasteiger partial charge in [-0.05, 0) is 19.1 Å². The molecule has 3 rings (SSSR count). The van der Waals surface area contributed by atoms with E-state index in [4.69, 9.17) is 4.74 Å². The van der Waals surface area contributed by atoms with Crippen LogP contribution in [-0.2, 0) is 4.74 Å². The Balaban J connectivity index is 1.89. The molecule has 1 atom stereocenters. The predicted octanol–water partition coefficient (Wildman–Crippen LogP) is 4.68. The molecular formula is C22H17NO5. The van der Waals surface area contributed by atoms with Gasteiger partial charge in [0, 0.05) is 23.3 Å². The molecule has 0 radical (unpaired) electrons. The number of ketones is 1. The molecule has 0 heterocycles. The molecule has 0 aliphatic carbocycles. The van der Waals surface area contributed by atoms with Gasteiger partial charge in [-0.15, -0.1) is 0 Å². The molecule has 0 amide bonds. The highest BCUT2D eigenvalue weighted by Gasteiger charge is 2.27. The topological polar surface area (TPSA) is 86.5 Å². The Morgan fingerprint density at radius 3 is 2.00 bits per heavy atom. The first kappa shape index (κ1) is 19.0. The fraction of sp³-hybridized carbons (Fsp3) is 0.0909. The number of esters is 1. The second-order valence-corrected chi connectivity index (χ2v) is 6.23. The number of benzene rings is 3. The zero-order valence-electron chi connectivity index (χ0n) is 15.1. The maximum Gasteiger partial charge on any atom is 0.339 e. The third-order valence-electron chi connectivity index (χ3n) is 4.22. The summed E-state index contributed by atoms with van der Waals surface area (Å²) in [7, 11) is 0. The van der Waals surface area contributed by atoms with Gasteiger partial charge in [0.15, 0.2) is 6.10 Å². The number of hydrogen-bond donors (Lipinski definition) is 0. The summed E-state index contributed by atoms with van der Waals surface area (Å²) in [5.74, 6) is -1.08. The molecule has 28 heavy (non-hydrogen) atoms. The first-order chi connectivity index (χ1) is 13.5. The highest BCUT2D eigenvalue weighted by atomic mass is 16.6. The molecule has 6 heteroatoms. The van der Waals surface area contributed by atoms with E-state index < -0.39 is 17.0 Å². The van der Waals surface area contributed by atoms with E-state index in [0.29, 0.717) is 11.1 Å². The highest BCUT2D eigenvalue weighted by molar-refractivity contribution is 6.02. The van der Waals surface area contributed by atoms with E-state index in [-0.39, 0.29) is 17.0 Å². The number of nitro benzene ring substituents is 1. The van der Waals surface area contributed by atoms with Crippen LogP contribution in [0.15, 0.2) is 78.9 Å². The summed E-state index contributed by atoms with van der Waals surface area (Å²) in [6, 6.07) is 20.8. The molecule has 0 unspecified atom stereocenters. The molecule has 0 spiro atoms. The second kappa shape index (κ2) is 8.26. The van der Waals surface area contributed by atoms with Crippen molar-refractivity contribution in [2.75, 3.05) is 0 Å². The van der Waals surface area contributed by atoms with E-state index in [0.717, 1.165) is 5.56 Å². The van der Waals surface area contributed by atoms with Crippen LogP contribution in [0.5, 0.6) is 0 Å². The Hall–Kier alpha value is -3.80. The molecule has 3 aromatic carbocycles. The van der Waals surface area contributed by atoms with Crippen LogP contribution in [0.25, 0.3) is 0 Å². The standard InChI is InChI=1S/C22H17NO5/c1-15-7-9-16(10-8-15)20(24)21(17-5-3-2-4-6-17)28-22(25)18-11-13-19(14-12-18)23(26)27/h2-14,21H,1H3/t21-/m1/s1. The fourth-order valence-corrected chi connectivity index (χ4v) is 2.66. The Labute approximate surface area is 161 Å². The summed E-state index contributed by atoms with van der Waals surface area (Å²) < 4.78 is 5.51. The van der Waals surface area contributed by atoms with Gasteiger partial charge in [-0.3, -0.25) is 14.9 Å². The van der Waals surface area contributed by atoms with Gasteiger partial charge < -0.3 is 4.74 Å². The van der Waals surface area contributed by atoms with Crippen molar-refractivity contribution < 1.29 is 19.2 Å². The van der Waals surface area contributed by atoms with Gasteiger partial charge in [0.05, 0.1) is 10.5 Å². The minimum Gasteiger partial charge on any atom is -0.445 e. The Morgan fingerprint density at radius 2 is 1.43 bits per heavy atom. The van der Waals surface area contributed by atoms with Crippen molar-refractivity contribution in [3.8, 4) is 0 Å². The lowest BCUT2D eigenvalue weighted by Gasteiger charge is -2.17. The number of aryl methyl sites for hydroxylation is 1. The van der Waals surface area contributed by atoms with Gasteiger partial charge in [0.25, 0.3) is 5.69 Å². The number of ether oxygens (including phenoxy) is 1. The number of Topliss-reactive ketones (excluding diaryl/α,β-unsaturated/α-hetero) is 1.